The van der Waals surface area contributed by atoms with Crippen molar-refractivity contribution < 1.29 is 9.66 Å². The Morgan fingerprint density at radius 1 is 1.14 bits per heavy atom. The second-order valence-corrected chi connectivity index (χ2v) is 4.52. The fourth-order valence-corrected chi connectivity index (χ4v) is 1.90. The minimum Gasteiger partial charge on any atom is -0.497 e. The van der Waals surface area contributed by atoms with Gasteiger partial charge in [-0.3, -0.25) is 10.1 Å². The third kappa shape index (κ3) is 4.15. The molecular formula is C14H13N3O3S. The minimum absolute atomic E-state index is 0.0345. The van der Waals surface area contributed by atoms with E-state index in [0.717, 1.165) is 11.4 Å². The van der Waals surface area contributed by atoms with Crippen molar-refractivity contribution in [1.29, 1.82) is 0 Å². The van der Waals surface area contributed by atoms with Gasteiger partial charge in [-0.2, -0.15) is 0 Å². The first kappa shape index (κ1) is 14.7. The molecule has 0 aliphatic carbocycles. The van der Waals surface area contributed by atoms with Gasteiger partial charge in [-0.15, -0.1) is 0 Å². The summed E-state index contributed by atoms with van der Waals surface area (Å²) in [5, 5.41) is 16.9. The summed E-state index contributed by atoms with van der Waals surface area (Å²) in [6, 6.07) is 13.4. The van der Waals surface area contributed by atoms with Gasteiger partial charge in [0, 0.05) is 29.6 Å². The summed E-state index contributed by atoms with van der Waals surface area (Å²) in [6.45, 7) is 0. The van der Waals surface area contributed by atoms with Gasteiger partial charge in [0.15, 0.2) is 5.11 Å². The van der Waals surface area contributed by atoms with Crippen LogP contribution in [0.25, 0.3) is 0 Å². The van der Waals surface area contributed by atoms with Crippen molar-refractivity contribution >= 4 is 34.4 Å². The number of benzene rings is 2. The number of thiocarbonyl (C=S) groups is 1. The highest BCUT2D eigenvalue weighted by Gasteiger charge is 2.05. The zero-order chi connectivity index (χ0) is 15.2. The molecule has 0 aliphatic rings. The summed E-state index contributed by atoms with van der Waals surface area (Å²) in [6.07, 6.45) is 0. The van der Waals surface area contributed by atoms with Crippen molar-refractivity contribution in [3.05, 3.63) is 58.6 Å². The fourth-order valence-electron chi connectivity index (χ4n) is 1.66. The highest BCUT2D eigenvalue weighted by atomic mass is 32.1. The van der Waals surface area contributed by atoms with E-state index in [-0.39, 0.29) is 5.69 Å². The molecule has 0 atom stereocenters. The van der Waals surface area contributed by atoms with Crippen LogP contribution in [-0.4, -0.2) is 17.1 Å². The molecular weight excluding hydrogens is 290 g/mol. The summed E-state index contributed by atoms with van der Waals surface area (Å²) in [5.41, 5.74) is 1.49. The number of ether oxygens (including phenoxy) is 1. The molecule has 0 unspecified atom stereocenters. The van der Waals surface area contributed by atoms with Crippen molar-refractivity contribution in [3.8, 4) is 5.75 Å². The lowest BCUT2D eigenvalue weighted by molar-refractivity contribution is -0.384. The molecule has 7 heteroatoms. The number of anilines is 2. The molecule has 0 saturated heterocycles. The zero-order valence-corrected chi connectivity index (χ0v) is 12.0. The smallest absolute Gasteiger partial charge is 0.269 e. The van der Waals surface area contributed by atoms with Gasteiger partial charge >= 0.3 is 0 Å². The molecule has 2 rings (SSSR count). The van der Waals surface area contributed by atoms with E-state index >= 15 is 0 Å². The van der Waals surface area contributed by atoms with E-state index in [2.05, 4.69) is 10.6 Å². The predicted molar refractivity (Wildman–Crippen MR) is 85.9 cm³/mol. The van der Waals surface area contributed by atoms with Crippen molar-refractivity contribution in [2.24, 2.45) is 0 Å². The number of nitrogens with zero attached hydrogens (tertiary/aromatic N) is 1. The van der Waals surface area contributed by atoms with E-state index in [4.69, 9.17) is 17.0 Å². The van der Waals surface area contributed by atoms with Gasteiger partial charge in [0.05, 0.1) is 12.0 Å². The molecule has 0 aromatic heterocycles. The van der Waals surface area contributed by atoms with Gasteiger partial charge in [-0.1, -0.05) is 6.07 Å². The molecule has 0 bridgehead atoms. The molecule has 0 radical (unpaired) electrons. The Morgan fingerprint density at radius 3 is 2.43 bits per heavy atom. The van der Waals surface area contributed by atoms with Gasteiger partial charge in [0.1, 0.15) is 5.75 Å². The fraction of sp³-hybridized carbons (Fsp3) is 0.0714. The van der Waals surface area contributed by atoms with E-state index in [0.29, 0.717) is 10.8 Å². The molecule has 0 amide bonds. The lowest BCUT2D eigenvalue weighted by Gasteiger charge is -2.11. The average molecular weight is 303 g/mol. The van der Waals surface area contributed by atoms with Crippen molar-refractivity contribution in [3.63, 3.8) is 0 Å². The zero-order valence-electron chi connectivity index (χ0n) is 11.2. The van der Waals surface area contributed by atoms with Gasteiger partial charge in [0.2, 0.25) is 0 Å². The lowest BCUT2D eigenvalue weighted by atomic mass is 10.3. The Labute approximate surface area is 126 Å². The first-order chi connectivity index (χ1) is 10.1. The monoisotopic (exact) mass is 303 g/mol. The van der Waals surface area contributed by atoms with E-state index in [1.165, 1.54) is 12.1 Å². The van der Waals surface area contributed by atoms with E-state index < -0.39 is 4.92 Å². The van der Waals surface area contributed by atoms with Gasteiger partial charge in [-0.05, 0) is 36.5 Å². The Kier molecular flexibility index (Phi) is 4.68. The van der Waals surface area contributed by atoms with Crippen LogP contribution in [0.2, 0.25) is 0 Å². The number of nitro benzene ring substituents is 1. The van der Waals surface area contributed by atoms with E-state index in [9.17, 15) is 10.1 Å². The van der Waals surface area contributed by atoms with Gasteiger partial charge < -0.3 is 15.4 Å². The number of hydrogen-bond acceptors (Lipinski definition) is 4. The number of non-ortho nitro benzene ring substituents is 1. The number of nitrogens with one attached hydrogen (secondary N) is 2. The SMILES string of the molecule is COc1cccc(NC(=S)Nc2ccc([N+](=O)[O-])cc2)c1. The van der Waals surface area contributed by atoms with Crippen LogP contribution in [0.4, 0.5) is 17.1 Å². The van der Waals surface area contributed by atoms with Gasteiger partial charge in [0.25, 0.3) is 5.69 Å². The largest absolute Gasteiger partial charge is 0.497 e. The van der Waals surface area contributed by atoms with Crippen LogP contribution < -0.4 is 15.4 Å². The number of rotatable bonds is 4. The standard InChI is InChI=1S/C14H13N3O3S/c1-20-13-4-2-3-11(9-13)16-14(21)15-10-5-7-12(8-6-10)17(18)19/h2-9H,1H3,(H2,15,16,21). The Morgan fingerprint density at radius 2 is 1.81 bits per heavy atom. The highest BCUT2D eigenvalue weighted by molar-refractivity contribution is 7.80. The van der Waals surface area contributed by atoms with Crippen LogP contribution in [0.1, 0.15) is 0 Å². The van der Waals surface area contributed by atoms with E-state index in [1.54, 1.807) is 19.2 Å². The van der Waals surface area contributed by atoms with E-state index in [1.807, 2.05) is 24.3 Å². The van der Waals surface area contributed by atoms with Crippen LogP contribution in [-0.2, 0) is 0 Å². The Balaban J connectivity index is 1.99. The third-order valence-electron chi connectivity index (χ3n) is 2.66. The molecule has 0 spiro atoms. The topological polar surface area (TPSA) is 76.4 Å². The second kappa shape index (κ2) is 6.67. The summed E-state index contributed by atoms with van der Waals surface area (Å²) < 4.78 is 5.12. The molecule has 2 aromatic rings. The quantitative estimate of drug-likeness (QED) is 0.512. The molecule has 0 saturated carbocycles. The number of methoxy groups -OCH3 is 1. The summed E-state index contributed by atoms with van der Waals surface area (Å²) in [7, 11) is 1.59. The molecule has 0 fully saturated rings. The van der Waals surface area contributed by atoms with Crippen molar-refractivity contribution in [2.75, 3.05) is 17.7 Å². The molecule has 108 valence electrons. The molecule has 2 N–H and O–H groups in total. The first-order valence-corrected chi connectivity index (χ1v) is 6.46. The molecule has 21 heavy (non-hydrogen) atoms. The molecule has 6 nitrogen and oxygen atoms in total. The highest BCUT2D eigenvalue weighted by Crippen LogP contribution is 2.18. The van der Waals surface area contributed by atoms with Gasteiger partial charge in [-0.25, -0.2) is 0 Å². The average Bonchev–Trinajstić information content (AvgIpc) is 2.47. The summed E-state index contributed by atoms with van der Waals surface area (Å²) in [5.74, 6) is 0.720. The summed E-state index contributed by atoms with van der Waals surface area (Å²) >= 11 is 5.19. The normalized spacial score (nSPS) is 9.76. The Hall–Kier alpha value is -2.67. The maximum Gasteiger partial charge on any atom is 0.269 e. The predicted octanol–water partition coefficient (Wildman–Crippen LogP) is 3.41. The van der Waals surface area contributed by atoms with Crippen LogP contribution in [0.3, 0.4) is 0 Å². The molecule has 0 heterocycles. The lowest BCUT2D eigenvalue weighted by Crippen LogP contribution is -2.18. The third-order valence-corrected chi connectivity index (χ3v) is 2.87. The molecule has 0 aliphatic heterocycles. The van der Waals surface area contributed by atoms with Crippen LogP contribution in [0.15, 0.2) is 48.5 Å². The second-order valence-electron chi connectivity index (χ2n) is 4.12. The molecule has 2 aromatic carbocycles. The Bertz CT molecular complexity index is 659. The maximum atomic E-state index is 10.6. The van der Waals surface area contributed by atoms with Crippen LogP contribution in [0, 0.1) is 10.1 Å². The van der Waals surface area contributed by atoms with Crippen LogP contribution >= 0.6 is 12.2 Å². The van der Waals surface area contributed by atoms with Crippen LogP contribution in [0.5, 0.6) is 5.75 Å². The first-order valence-electron chi connectivity index (χ1n) is 6.05. The summed E-state index contributed by atoms with van der Waals surface area (Å²) in [4.78, 5) is 10.1. The van der Waals surface area contributed by atoms with Crippen molar-refractivity contribution in [2.45, 2.75) is 0 Å². The minimum atomic E-state index is -0.448. The number of nitro groups is 1. The maximum absolute atomic E-state index is 10.6. The number of hydrogen-bond donors (Lipinski definition) is 2. The van der Waals surface area contributed by atoms with Crippen molar-refractivity contribution in [1.82, 2.24) is 0 Å².